The van der Waals surface area contributed by atoms with Gasteiger partial charge in [0, 0.05) is 19.6 Å². The van der Waals surface area contributed by atoms with Crippen LogP contribution in [0.4, 0.5) is 0 Å². The van der Waals surface area contributed by atoms with Gasteiger partial charge in [-0.15, -0.1) is 0 Å². The molecule has 88 valence electrons. The molecule has 0 radical (unpaired) electrons. The Labute approximate surface area is 95.0 Å². The van der Waals surface area contributed by atoms with E-state index in [1.54, 1.807) is 7.11 Å². The number of aromatic nitrogens is 3. The van der Waals surface area contributed by atoms with Crippen molar-refractivity contribution in [3.8, 4) is 0 Å². The van der Waals surface area contributed by atoms with Crippen molar-refractivity contribution in [1.29, 1.82) is 0 Å². The highest BCUT2D eigenvalue weighted by Gasteiger charge is 2.41. The molecule has 0 unspecified atom stereocenters. The minimum absolute atomic E-state index is 0.491. The number of hydrogen-bond donors (Lipinski definition) is 2. The third kappa shape index (κ3) is 1.85. The van der Waals surface area contributed by atoms with Gasteiger partial charge in [-0.1, -0.05) is 0 Å². The molecule has 2 atom stereocenters. The van der Waals surface area contributed by atoms with Gasteiger partial charge in [0.2, 0.25) is 0 Å². The molecule has 0 amide bonds. The maximum atomic E-state index is 5.03. The third-order valence-electron chi connectivity index (χ3n) is 3.66. The van der Waals surface area contributed by atoms with Gasteiger partial charge < -0.3 is 10.1 Å². The summed E-state index contributed by atoms with van der Waals surface area (Å²) in [5.74, 6) is 3.98. The predicted octanol–water partition coefficient (Wildman–Crippen LogP) is 0.664. The van der Waals surface area contributed by atoms with E-state index in [4.69, 9.17) is 4.74 Å². The lowest BCUT2D eigenvalue weighted by Gasteiger charge is -2.14. The highest BCUT2D eigenvalue weighted by atomic mass is 16.5. The molecule has 16 heavy (non-hydrogen) atoms. The fraction of sp³-hybridized carbons (Fsp3) is 0.818. The first-order valence-corrected chi connectivity index (χ1v) is 5.99. The SMILES string of the molecule is COCc1n[nH]c([C@@H]2CNC[C@H]2C2CC2)n1. The van der Waals surface area contributed by atoms with Gasteiger partial charge in [-0.25, -0.2) is 4.98 Å². The molecule has 3 rings (SSSR count). The maximum Gasteiger partial charge on any atom is 0.176 e. The first-order chi connectivity index (χ1) is 7.88. The van der Waals surface area contributed by atoms with Crippen LogP contribution in [-0.2, 0) is 11.3 Å². The van der Waals surface area contributed by atoms with Crippen LogP contribution in [0.1, 0.15) is 30.4 Å². The van der Waals surface area contributed by atoms with Crippen LogP contribution in [-0.4, -0.2) is 35.4 Å². The van der Waals surface area contributed by atoms with Crippen molar-refractivity contribution in [3.05, 3.63) is 11.6 Å². The van der Waals surface area contributed by atoms with Gasteiger partial charge in [0.25, 0.3) is 0 Å². The van der Waals surface area contributed by atoms with Gasteiger partial charge in [-0.05, 0) is 31.2 Å². The fourth-order valence-electron chi connectivity index (χ4n) is 2.69. The third-order valence-corrected chi connectivity index (χ3v) is 3.66. The molecule has 2 heterocycles. The van der Waals surface area contributed by atoms with Crippen LogP contribution in [0.15, 0.2) is 0 Å². The number of nitrogens with zero attached hydrogens (tertiary/aromatic N) is 2. The van der Waals surface area contributed by atoms with Crippen molar-refractivity contribution >= 4 is 0 Å². The average Bonchev–Trinajstić information content (AvgIpc) is 2.84. The summed E-state index contributed by atoms with van der Waals surface area (Å²) in [4.78, 5) is 4.51. The number of nitrogens with one attached hydrogen (secondary N) is 2. The number of hydrogen-bond acceptors (Lipinski definition) is 4. The average molecular weight is 222 g/mol. The van der Waals surface area contributed by atoms with Crippen LogP contribution in [0.25, 0.3) is 0 Å². The molecule has 1 aliphatic carbocycles. The Hall–Kier alpha value is -0.940. The van der Waals surface area contributed by atoms with Gasteiger partial charge in [0.05, 0.1) is 0 Å². The molecule has 5 heteroatoms. The summed E-state index contributed by atoms with van der Waals surface area (Å²) >= 11 is 0. The van der Waals surface area contributed by atoms with E-state index in [1.807, 2.05) is 0 Å². The molecule has 2 aliphatic rings. The van der Waals surface area contributed by atoms with Gasteiger partial charge in [0.15, 0.2) is 5.82 Å². The van der Waals surface area contributed by atoms with Crippen LogP contribution in [0.2, 0.25) is 0 Å². The molecule has 0 bridgehead atoms. The molecule has 0 spiro atoms. The summed E-state index contributed by atoms with van der Waals surface area (Å²) in [7, 11) is 1.67. The van der Waals surface area contributed by atoms with Crippen LogP contribution < -0.4 is 5.32 Å². The van der Waals surface area contributed by atoms with Crippen molar-refractivity contribution in [2.24, 2.45) is 11.8 Å². The molecule has 2 fully saturated rings. The Morgan fingerprint density at radius 3 is 3.00 bits per heavy atom. The summed E-state index contributed by atoms with van der Waals surface area (Å²) in [5.41, 5.74) is 0. The minimum Gasteiger partial charge on any atom is -0.377 e. The van der Waals surface area contributed by atoms with Crippen molar-refractivity contribution in [2.45, 2.75) is 25.4 Å². The predicted molar refractivity (Wildman–Crippen MR) is 58.9 cm³/mol. The zero-order valence-corrected chi connectivity index (χ0v) is 9.57. The van der Waals surface area contributed by atoms with Crippen molar-refractivity contribution in [3.63, 3.8) is 0 Å². The van der Waals surface area contributed by atoms with Crippen LogP contribution >= 0.6 is 0 Å². The monoisotopic (exact) mass is 222 g/mol. The van der Waals surface area contributed by atoms with E-state index in [-0.39, 0.29) is 0 Å². The lowest BCUT2D eigenvalue weighted by Crippen LogP contribution is -2.14. The van der Waals surface area contributed by atoms with Gasteiger partial charge >= 0.3 is 0 Å². The van der Waals surface area contributed by atoms with Gasteiger partial charge in [-0.3, -0.25) is 5.10 Å². The zero-order valence-electron chi connectivity index (χ0n) is 9.57. The molecular weight excluding hydrogens is 204 g/mol. The first kappa shape index (κ1) is 10.2. The summed E-state index contributed by atoms with van der Waals surface area (Å²) in [5, 5.41) is 10.7. The topological polar surface area (TPSA) is 62.8 Å². The molecule has 5 nitrogen and oxygen atoms in total. The summed E-state index contributed by atoms with van der Waals surface area (Å²) in [6.45, 7) is 2.66. The lowest BCUT2D eigenvalue weighted by atomic mass is 9.91. The van der Waals surface area contributed by atoms with Crippen molar-refractivity contribution in [1.82, 2.24) is 20.5 Å². The van der Waals surface area contributed by atoms with Gasteiger partial charge in [0.1, 0.15) is 12.4 Å². The molecule has 2 N–H and O–H groups in total. The van der Waals surface area contributed by atoms with Crippen molar-refractivity contribution < 1.29 is 4.74 Å². The van der Waals surface area contributed by atoms with E-state index in [0.29, 0.717) is 12.5 Å². The standard InChI is InChI=1S/C11H18N4O/c1-16-6-10-13-11(15-14-10)9-5-12-4-8(9)7-2-3-7/h7-9,12H,2-6H2,1H3,(H,13,14,15)/t8-,9+/m0/s1. The Morgan fingerprint density at radius 1 is 1.38 bits per heavy atom. The molecule has 1 saturated heterocycles. The van der Waals surface area contributed by atoms with Crippen LogP contribution in [0.5, 0.6) is 0 Å². The Morgan fingerprint density at radius 2 is 2.25 bits per heavy atom. The number of rotatable bonds is 4. The molecular formula is C11H18N4O. The Kier molecular flexibility index (Phi) is 2.65. The normalized spacial score (nSPS) is 29.8. The van der Waals surface area contributed by atoms with Crippen LogP contribution in [0, 0.1) is 11.8 Å². The number of ether oxygens (including phenoxy) is 1. The number of methoxy groups -OCH3 is 1. The number of aromatic amines is 1. The summed E-state index contributed by atoms with van der Waals surface area (Å²) in [6, 6.07) is 0. The Balaban J connectivity index is 1.74. The van der Waals surface area contributed by atoms with E-state index >= 15 is 0 Å². The molecule has 1 aromatic heterocycles. The van der Waals surface area contributed by atoms with E-state index < -0.39 is 0 Å². The second kappa shape index (κ2) is 4.14. The minimum atomic E-state index is 0.491. The maximum absolute atomic E-state index is 5.03. The molecule has 1 saturated carbocycles. The van der Waals surface area contributed by atoms with E-state index in [0.717, 1.165) is 36.6 Å². The van der Waals surface area contributed by atoms with Crippen LogP contribution in [0.3, 0.4) is 0 Å². The lowest BCUT2D eigenvalue weighted by molar-refractivity contribution is 0.178. The zero-order chi connectivity index (χ0) is 11.0. The highest BCUT2D eigenvalue weighted by Crippen LogP contribution is 2.44. The fourth-order valence-corrected chi connectivity index (χ4v) is 2.69. The smallest absolute Gasteiger partial charge is 0.176 e. The van der Waals surface area contributed by atoms with E-state index in [1.165, 1.54) is 12.8 Å². The largest absolute Gasteiger partial charge is 0.377 e. The van der Waals surface area contributed by atoms with Gasteiger partial charge in [-0.2, -0.15) is 5.10 Å². The summed E-state index contributed by atoms with van der Waals surface area (Å²) in [6.07, 6.45) is 2.78. The molecule has 1 aromatic rings. The Bertz CT molecular complexity index is 361. The first-order valence-electron chi connectivity index (χ1n) is 5.99. The second-order valence-electron chi connectivity index (χ2n) is 4.84. The van der Waals surface area contributed by atoms with Crippen molar-refractivity contribution in [2.75, 3.05) is 20.2 Å². The molecule has 0 aromatic carbocycles. The quantitative estimate of drug-likeness (QED) is 0.785. The van der Waals surface area contributed by atoms with E-state index in [2.05, 4.69) is 20.5 Å². The number of H-pyrrole nitrogens is 1. The summed E-state index contributed by atoms with van der Waals surface area (Å²) < 4.78 is 5.03. The highest BCUT2D eigenvalue weighted by molar-refractivity contribution is 5.07. The molecule has 1 aliphatic heterocycles. The van der Waals surface area contributed by atoms with E-state index in [9.17, 15) is 0 Å². The second-order valence-corrected chi connectivity index (χ2v) is 4.84.